The van der Waals surface area contributed by atoms with Crippen LogP contribution in [0.25, 0.3) is 5.65 Å². The number of carbonyl (C=O) groups is 1. The van der Waals surface area contributed by atoms with Crippen LogP contribution in [-0.2, 0) is 17.4 Å². The van der Waals surface area contributed by atoms with Crippen molar-refractivity contribution in [1.82, 2.24) is 9.38 Å². The van der Waals surface area contributed by atoms with Crippen molar-refractivity contribution in [2.45, 2.75) is 60.1 Å². The minimum atomic E-state index is -4.43. The molecule has 0 fully saturated rings. The van der Waals surface area contributed by atoms with Crippen molar-refractivity contribution in [3.05, 3.63) is 29.6 Å². The Kier molecular flexibility index (Phi) is 5.68. The maximum Gasteiger partial charge on any atom is 0.417 e. The fourth-order valence-electron chi connectivity index (χ4n) is 2.68. The molecular formula is C19H26F3N3O. The number of carbonyl (C=O) groups excluding carboxylic acids is 1. The Morgan fingerprint density at radius 1 is 1.27 bits per heavy atom. The highest BCUT2D eigenvalue weighted by molar-refractivity contribution is 5.91. The van der Waals surface area contributed by atoms with Gasteiger partial charge in [0.15, 0.2) is 5.82 Å². The van der Waals surface area contributed by atoms with E-state index in [2.05, 4.69) is 10.3 Å². The average Bonchev–Trinajstić information content (AvgIpc) is 2.81. The number of anilines is 1. The molecule has 7 heteroatoms. The van der Waals surface area contributed by atoms with Crippen LogP contribution >= 0.6 is 0 Å². The molecule has 0 aliphatic rings. The molecule has 1 unspecified atom stereocenters. The van der Waals surface area contributed by atoms with Crippen LogP contribution in [0.4, 0.5) is 19.0 Å². The molecule has 2 rings (SSSR count). The fraction of sp³-hybridized carbons (Fsp3) is 0.579. The number of fused-ring (bicyclic) bond motifs is 1. The largest absolute Gasteiger partial charge is 0.417 e. The van der Waals surface area contributed by atoms with E-state index in [0.29, 0.717) is 30.0 Å². The molecular weight excluding hydrogens is 343 g/mol. The van der Waals surface area contributed by atoms with Crippen molar-refractivity contribution in [2.75, 3.05) is 5.32 Å². The van der Waals surface area contributed by atoms with Crippen molar-refractivity contribution in [3.63, 3.8) is 0 Å². The Labute approximate surface area is 151 Å². The lowest BCUT2D eigenvalue weighted by molar-refractivity contribution is -0.137. The van der Waals surface area contributed by atoms with Crippen LogP contribution in [0, 0.1) is 11.3 Å². The van der Waals surface area contributed by atoms with Gasteiger partial charge in [0.2, 0.25) is 5.91 Å². The van der Waals surface area contributed by atoms with Gasteiger partial charge >= 0.3 is 6.18 Å². The lowest BCUT2D eigenvalue weighted by atomic mass is 9.90. The molecule has 0 spiro atoms. The van der Waals surface area contributed by atoms with Gasteiger partial charge in [-0.1, -0.05) is 41.0 Å². The molecule has 0 saturated carbocycles. The highest BCUT2D eigenvalue weighted by Gasteiger charge is 2.32. The first-order valence-corrected chi connectivity index (χ1v) is 8.78. The Morgan fingerprint density at radius 3 is 2.46 bits per heavy atom. The number of aromatic nitrogens is 2. The molecule has 0 aliphatic heterocycles. The third-order valence-electron chi connectivity index (χ3n) is 4.23. The van der Waals surface area contributed by atoms with Crippen molar-refractivity contribution < 1.29 is 18.0 Å². The third-order valence-corrected chi connectivity index (χ3v) is 4.23. The first-order chi connectivity index (χ1) is 11.9. The van der Waals surface area contributed by atoms with Gasteiger partial charge in [-0.2, -0.15) is 13.2 Å². The smallest absolute Gasteiger partial charge is 0.309 e. The molecule has 26 heavy (non-hydrogen) atoms. The van der Waals surface area contributed by atoms with Crippen LogP contribution in [0.1, 0.15) is 58.7 Å². The predicted octanol–water partition coefficient (Wildman–Crippen LogP) is 5.32. The predicted molar refractivity (Wildman–Crippen MR) is 96.1 cm³/mol. The van der Waals surface area contributed by atoms with Gasteiger partial charge in [-0.15, -0.1) is 0 Å². The quantitative estimate of drug-likeness (QED) is 0.776. The second-order valence-corrected chi connectivity index (χ2v) is 8.05. The topological polar surface area (TPSA) is 46.4 Å². The molecule has 4 nitrogen and oxygen atoms in total. The van der Waals surface area contributed by atoms with E-state index in [-0.39, 0.29) is 17.2 Å². The number of alkyl halides is 3. The number of nitrogens with one attached hydrogen (secondary N) is 1. The molecule has 0 bridgehead atoms. The second kappa shape index (κ2) is 7.29. The summed E-state index contributed by atoms with van der Waals surface area (Å²) in [5.74, 6) is 0.399. The van der Waals surface area contributed by atoms with Gasteiger partial charge in [0.25, 0.3) is 0 Å². The van der Waals surface area contributed by atoms with Gasteiger partial charge in [0.1, 0.15) is 5.65 Å². The fourth-order valence-corrected chi connectivity index (χ4v) is 2.68. The summed E-state index contributed by atoms with van der Waals surface area (Å²) in [6, 6.07) is 2.34. The number of amides is 1. The zero-order valence-corrected chi connectivity index (χ0v) is 15.9. The number of rotatable bonds is 5. The summed E-state index contributed by atoms with van der Waals surface area (Å²) in [4.78, 5) is 16.6. The number of nitrogens with zero attached hydrogens (tertiary/aromatic N) is 2. The highest BCUT2D eigenvalue weighted by Crippen LogP contribution is 2.32. The average molecular weight is 369 g/mol. The number of hydrogen-bond acceptors (Lipinski definition) is 2. The summed E-state index contributed by atoms with van der Waals surface area (Å²) in [5, 5.41) is 2.79. The van der Waals surface area contributed by atoms with Crippen LogP contribution in [0.2, 0.25) is 0 Å². The van der Waals surface area contributed by atoms with Crippen LogP contribution < -0.4 is 5.32 Å². The van der Waals surface area contributed by atoms with Crippen molar-refractivity contribution in [3.8, 4) is 0 Å². The van der Waals surface area contributed by atoms with Crippen molar-refractivity contribution in [1.29, 1.82) is 0 Å². The van der Waals surface area contributed by atoms with E-state index in [4.69, 9.17) is 0 Å². The standard InChI is InChI=1S/C19H26F3N3O/c1-6-12(2)9-16(26)24-17-14(10-18(3,4)5)25-11-13(19(20,21)22)7-8-15(25)23-17/h7-8,11-12H,6,9-10H2,1-5H3,(H,24,26). The van der Waals surface area contributed by atoms with Crippen molar-refractivity contribution >= 4 is 17.4 Å². The van der Waals surface area contributed by atoms with E-state index in [1.807, 2.05) is 34.6 Å². The first kappa shape index (κ1) is 20.3. The third kappa shape index (κ3) is 4.99. The van der Waals surface area contributed by atoms with Crippen LogP contribution in [-0.4, -0.2) is 15.3 Å². The Balaban J connectivity index is 2.48. The van der Waals surface area contributed by atoms with Crippen LogP contribution in [0.5, 0.6) is 0 Å². The molecule has 0 saturated heterocycles. The number of pyridine rings is 1. The van der Waals surface area contributed by atoms with E-state index in [1.54, 1.807) is 0 Å². The zero-order valence-electron chi connectivity index (χ0n) is 15.9. The first-order valence-electron chi connectivity index (χ1n) is 8.78. The van der Waals surface area contributed by atoms with Gasteiger partial charge in [-0.25, -0.2) is 4.98 Å². The molecule has 1 amide bonds. The van der Waals surface area contributed by atoms with Gasteiger partial charge in [0, 0.05) is 12.6 Å². The summed E-state index contributed by atoms with van der Waals surface area (Å²) < 4.78 is 40.7. The SMILES string of the molecule is CCC(C)CC(=O)Nc1nc2ccc(C(F)(F)F)cn2c1CC(C)(C)C. The number of hydrogen-bond donors (Lipinski definition) is 1. The zero-order chi connectivity index (χ0) is 19.7. The molecule has 2 aromatic rings. The number of halogens is 3. The molecule has 1 atom stereocenters. The Bertz CT molecular complexity index is 788. The molecule has 0 radical (unpaired) electrons. The Morgan fingerprint density at radius 2 is 1.92 bits per heavy atom. The molecule has 2 heterocycles. The van der Waals surface area contributed by atoms with Crippen LogP contribution in [0.3, 0.4) is 0 Å². The van der Waals surface area contributed by atoms with Gasteiger partial charge in [-0.05, 0) is 29.9 Å². The summed E-state index contributed by atoms with van der Waals surface area (Å²) in [6.45, 7) is 9.96. The van der Waals surface area contributed by atoms with E-state index in [1.165, 1.54) is 10.5 Å². The second-order valence-electron chi connectivity index (χ2n) is 8.05. The minimum absolute atomic E-state index is 0.172. The maximum absolute atomic E-state index is 13.1. The van der Waals surface area contributed by atoms with E-state index >= 15 is 0 Å². The van der Waals surface area contributed by atoms with E-state index < -0.39 is 11.7 Å². The summed E-state index contributed by atoms with van der Waals surface area (Å²) >= 11 is 0. The van der Waals surface area contributed by atoms with Crippen LogP contribution in [0.15, 0.2) is 18.3 Å². The minimum Gasteiger partial charge on any atom is -0.309 e. The van der Waals surface area contributed by atoms with Gasteiger partial charge in [0.05, 0.1) is 11.3 Å². The molecule has 0 aliphatic carbocycles. The maximum atomic E-state index is 13.1. The van der Waals surface area contributed by atoms with Gasteiger partial charge in [-0.3, -0.25) is 4.79 Å². The summed E-state index contributed by atoms with van der Waals surface area (Å²) in [5.41, 5.74) is 0.0441. The lowest BCUT2D eigenvalue weighted by Gasteiger charge is -2.19. The monoisotopic (exact) mass is 369 g/mol. The van der Waals surface area contributed by atoms with Crippen molar-refractivity contribution in [2.24, 2.45) is 11.3 Å². The molecule has 0 aromatic carbocycles. The lowest BCUT2D eigenvalue weighted by Crippen LogP contribution is -2.18. The number of imidazole rings is 1. The molecule has 2 aromatic heterocycles. The van der Waals surface area contributed by atoms with E-state index in [9.17, 15) is 18.0 Å². The van der Waals surface area contributed by atoms with E-state index in [0.717, 1.165) is 18.7 Å². The van der Waals surface area contributed by atoms with Gasteiger partial charge < -0.3 is 9.72 Å². The normalized spacial score (nSPS) is 13.8. The summed E-state index contributed by atoms with van der Waals surface area (Å²) in [7, 11) is 0. The summed E-state index contributed by atoms with van der Waals surface area (Å²) in [6.07, 6.45) is -1.67. The highest BCUT2D eigenvalue weighted by atomic mass is 19.4. The Hall–Kier alpha value is -2.05. The molecule has 144 valence electrons. The molecule has 1 N–H and O–H groups in total.